The van der Waals surface area contributed by atoms with E-state index < -0.39 is 31.1 Å². The number of hydrogen-bond acceptors (Lipinski definition) is 8. The van der Waals surface area contributed by atoms with Crippen LogP contribution in [0.15, 0.2) is 36.9 Å². The van der Waals surface area contributed by atoms with Gasteiger partial charge in [0, 0.05) is 0 Å². The lowest BCUT2D eigenvalue weighted by Crippen LogP contribution is -2.45. The number of aromatic nitrogens is 4. The van der Waals surface area contributed by atoms with Gasteiger partial charge in [0.1, 0.15) is 24.6 Å². The Morgan fingerprint density at radius 3 is 2.75 bits per heavy atom. The fraction of sp³-hybridized carbons (Fsp3) is 0.389. The number of imidazole rings is 1. The second kappa shape index (κ2) is 7.32. The number of nitrogens with zero attached hydrogens (tertiary/aromatic N) is 4. The molecule has 28 heavy (non-hydrogen) atoms. The third-order valence-corrected chi connectivity index (χ3v) is 4.94. The van der Waals surface area contributed by atoms with E-state index in [9.17, 15) is 15.3 Å². The molecule has 10 nitrogen and oxygen atoms in total. The topological polar surface area (TPSA) is 140 Å². The normalized spacial score (nSPS) is 24.7. The zero-order valence-corrected chi connectivity index (χ0v) is 15.2. The van der Waals surface area contributed by atoms with E-state index in [-0.39, 0.29) is 5.82 Å². The van der Waals surface area contributed by atoms with Crippen LogP contribution in [-0.2, 0) is 11.3 Å². The number of nitrogens with two attached hydrogens (primary N) is 1. The standard InChI is InChI=1S/C18H21N5O5/c1-10-4-2-3-5-11(10)7-27-23-9-21-17-13(16(23)19)20-8-22(17)18-15(26)14(25)12(6-24)28-18/h2-5,8-9,12,14-15,18-19,24-26H,6-7H2,1H3/p+1/t12-,14-,15-,18-/m1/s1. The van der Waals surface area contributed by atoms with Crippen molar-refractivity contribution in [3.63, 3.8) is 0 Å². The maximum Gasteiger partial charge on any atom is 0.289 e. The summed E-state index contributed by atoms with van der Waals surface area (Å²) in [6, 6.07) is 7.85. The first-order valence-corrected chi connectivity index (χ1v) is 8.84. The van der Waals surface area contributed by atoms with E-state index in [1.807, 2.05) is 31.2 Å². The minimum absolute atomic E-state index is 0.240. The van der Waals surface area contributed by atoms with E-state index in [0.29, 0.717) is 17.8 Å². The predicted octanol–water partition coefficient (Wildman–Crippen LogP) is -1.15. The number of aryl methyl sites for hydroxylation is 1. The monoisotopic (exact) mass is 388 g/mol. The zero-order valence-electron chi connectivity index (χ0n) is 15.2. The Labute approximate surface area is 160 Å². The highest BCUT2D eigenvalue weighted by atomic mass is 16.7. The highest BCUT2D eigenvalue weighted by Gasteiger charge is 2.44. The molecule has 1 aliphatic heterocycles. The van der Waals surface area contributed by atoms with Crippen molar-refractivity contribution in [3.8, 4) is 0 Å². The first-order valence-electron chi connectivity index (χ1n) is 8.84. The van der Waals surface area contributed by atoms with Gasteiger partial charge in [0.05, 0.1) is 6.61 Å². The molecule has 0 bridgehead atoms. The summed E-state index contributed by atoms with van der Waals surface area (Å²) in [4.78, 5) is 14.3. The highest BCUT2D eigenvalue weighted by molar-refractivity contribution is 5.79. The Morgan fingerprint density at radius 1 is 1.25 bits per heavy atom. The molecule has 0 spiro atoms. The largest absolute Gasteiger partial charge is 0.394 e. The van der Waals surface area contributed by atoms with Crippen molar-refractivity contribution in [1.82, 2.24) is 14.5 Å². The molecule has 2 aromatic heterocycles. The van der Waals surface area contributed by atoms with Crippen molar-refractivity contribution < 1.29 is 29.6 Å². The van der Waals surface area contributed by atoms with Gasteiger partial charge >= 0.3 is 0 Å². The van der Waals surface area contributed by atoms with Gasteiger partial charge in [0.25, 0.3) is 12.1 Å². The molecular formula is C18H22N5O5+. The summed E-state index contributed by atoms with van der Waals surface area (Å²) in [7, 11) is 0. The van der Waals surface area contributed by atoms with Crippen LogP contribution in [0.1, 0.15) is 17.4 Å². The smallest absolute Gasteiger partial charge is 0.289 e. The van der Waals surface area contributed by atoms with Gasteiger partial charge < -0.3 is 30.6 Å². The second-order valence-electron chi connectivity index (χ2n) is 6.71. The van der Waals surface area contributed by atoms with Gasteiger partial charge in [-0.25, -0.2) is 4.98 Å². The van der Waals surface area contributed by atoms with Crippen LogP contribution in [0.25, 0.3) is 11.2 Å². The van der Waals surface area contributed by atoms with Crippen molar-refractivity contribution in [1.29, 1.82) is 0 Å². The molecule has 4 rings (SSSR count). The van der Waals surface area contributed by atoms with Crippen LogP contribution in [0.3, 0.4) is 0 Å². The van der Waals surface area contributed by atoms with Crippen LogP contribution in [-0.4, -0.2) is 54.8 Å². The molecule has 1 saturated heterocycles. The molecule has 3 aromatic rings. The molecule has 0 radical (unpaired) electrons. The molecule has 0 aliphatic carbocycles. The minimum Gasteiger partial charge on any atom is -0.394 e. The summed E-state index contributed by atoms with van der Waals surface area (Å²) < 4.78 is 8.34. The van der Waals surface area contributed by atoms with Gasteiger partial charge in [0.15, 0.2) is 12.8 Å². The van der Waals surface area contributed by atoms with E-state index in [1.54, 1.807) is 0 Å². The van der Waals surface area contributed by atoms with Gasteiger partial charge in [-0.1, -0.05) is 34.0 Å². The maximum absolute atomic E-state index is 10.2. The van der Waals surface area contributed by atoms with E-state index in [1.165, 1.54) is 22.0 Å². The van der Waals surface area contributed by atoms with E-state index >= 15 is 0 Å². The van der Waals surface area contributed by atoms with Crippen molar-refractivity contribution >= 4 is 17.0 Å². The molecule has 1 fully saturated rings. The van der Waals surface area contributed by atoms with Crippen molar-refractivity contribution in [2.24, 2.45) is 0 Å². The van der Waals surface area contributed by atoms with Gasteiger partial charge in [-0.3, -0.25) is 4.57 Å². The van der Waals surface area contributed by atoms with Crippen LogP contribution in [0.4, 0.5) is 5.82 Å². The summed E-state index contributed by atoms with van der Waals surface area (Å²) in [5.41, 5.74) is 9.03. The Bertz CT molecular complexity index is 994. The molecule has 1 aliphatic rings. The Balaban J connectivity index is 1.60. The third kappa shape index (κ3) is 3.06. The molecule has 0 unspecified atom stereocenters. The average molecular weight is 388 g/mol. The number of fused-ring (bicyclic) bond motifs is 1. The molecule has 4 atom stereocenters. The summed E-state index contributed by atoms with van der Waals surface area (Å²) in [5, 5.41) is 29.4. The lowest BCUT2D eigenvalue weighted by Gasteiger charge is -2.15. The number of ether oxygens (including phenoxy) is 1. The van der Waals surface area contributed by atoms with Gasteiger partial charge in [0.2, 0.25) is 11.2 Å². The fourth-order valence-electron chi connectivity index (χ4n) is 3.25. The molecule has 10 heteroatoms. The molecule has 3 heterocycles. The third-order valence-electron chi connectivity index (χ3n) is 4.94. The molecule has 0 amide bonds. The number of hydrogen-bond donors (Lipinski definition) is 4. The fourth-order valence-corrected chi connectivity index (χ4v) is 3.25. The molecule has 5 N–H and O–H groups in total. The Hall–Kier alpha value is -2.79. The summed E-state index contributed by atoms with van der Waals surface area (Å²) in [5.74, 6) is 0.240. The number of aliphatic hydroxyl groups excluding tert-OH is 3. The number of aliphatic hydroxyl groups is 3. The minimum atomic E-state index is -1.23. The van der Waals surface area contributed by atoms with E-state index in [2.05, 4.69) is 9.97 Å². The SMILES string of the molecule is Cc1ccccc1CO[n+]1cnc2c(ncn2[C@@H]2O[C@H](CO)[C@@H](O)[C@H]2O)c1N. The van der Waals surface area contributed by atoms with Crippen LogP contribution in [0, 0.1) is 6.92 Å². The van der Waals surface area contributed by atoms with Crippen LogP contribution in [0.5, 0.6) is 0 Å². The maximum atomic E-state index is 10.2. The summed E-state index contributed by atoms with van der Waals surface area (Å²) in [6.07, 6.45) is -1.44. The summed E-state index contributed by atoms with van der Waals surface area (Å²) >= 11 is 0. The quantitative estimate of drug-likeness (QED) is 0.402. The molecule has 148 valence electrons. The van der Waals surface area contributed by atoms with Crippen LogP contribution < -0.4 is 15.3 Å². The summed E-state index contributed by atoms with van der Waals surface area (Å²) in [6.45, 7) is 1.89. The number of rotatable bonds is 5. The number of benzene rings is 1. The average Bonchev–Trinajstić information content (AvgIpc) is 3.24. The van der Waals surface area contributed by atoms with Crippen molar-refractivity contribution in [2.75, 3.05) is 12.3 Å². The molecule has 0 saturated carbocycles. The lowest BCUT2D eigenvalue weighted by molar-refractivity contribution is -0.885. The molecule has 1 aromatic carbocycles. The predicted molar refractivity (Wildman–Crippen MR) is 96.6 cm³/mol. The van der Waals surface area contributed by atoms with E-state index in [4.69, 9.17) is 15.3 Å². The lowest BCUT2D eigenvalue weighted by atomic mass is 10.1. The van der Waals surface area contributed by atoms with Crippen molar-refractivity contribution in [2.45, 2.75) is 38.1 Å². The van der Waals surface area contributed by atoms with Gasteiger partial charge in [-0.2, -0.15) is 0 Å². The highest BCUT2D eigenvalue weighted by Crippen LogP contribution is 2.31. The second-order valence-corrected chi connectivity index (χ2v) is 6.71. The zero-order chi connectivity index (χ0) is 19.8. The van der Waals surface area contributed by atoms with Gasteiger partial charge in [-0.05, 0) is 18.1 Å². The van der Waals surface area contributed by atoms with Crippen molar-refractivity contribution in [3.05, 3.63) is 48.0 Å². The van der Waals surface area contributed by atoms with Gasteiger partial charge in [-0.15, -0.1) is 0 Å². The Kier molecular flexibility index (Phi) is 4.85. The first-order chi connectivity index (χ1) is 13.5. The van der Waals surface area contributed by atoms with E-state index in [0.717, 1.165) is 11.1 Å². The number of nitrogen functional groups attached to an aromatic ring is 1. The Morgan fingerprint density at radius 2 is 2.04 bits per heavy atom. The van der Waals surface area contributed by atoms with Crippen LogP contribution >= 0.6 is 0 Å². The first kappa shape index (κ1) is 18.6. The number of anilines is 1. The molecular weight excluding hydrogens is 366 g/mol. The van der Waals surface area contributed by atoms with Crippen LogP contribution in [0.2, 0.25) is 0 Å².